The molecule has 0 N–H and O–H groups in total. The van der Waals surface area contributed by atoms with Crippen LogP contribution in [0.2, 0.25) is 0 Å². The lowest BCUT2D eigenvalue weighted by Gasteiger charge is -2.08. The van der Waals surface area contributed by atoms with Gasteiger partial charge in [-0.2, -0.15) is 10.2 Å². The van der Waals surface area contributed by atoms with Crippen molar-refractivity contribution in [1.82, 2.24) is 38.7 Å². The zero-order chi connectivity index (χ0) is 20.7. The van der Waals surface area contributed by atoms with Crippen LogP contribution in [-0.4, -0.2) is 51.2 Å². The minimum atomic E-state index is -0.103. The summed E-state index contributed by atoms with van der Waals surface area (Å²) in [6, 6.07) is 0. The Balaban J connectivity index is 1.60. The highest BCUT2D eigenvalue weighted by Gasteiger charge is 2.14. The van der Waals surface area contributed by atoms with Gasteiger partial charge in [0, 0.05) is 27.2 Å². The van der Waals surface area contributed by atoms with Crippen molar-refractivity contribution in [1.29, 1.82) is 0 Å². The number of hydrogen-bond donors (Lipinski definition) is 0. The Bertz CT molecular complexity index is 1230. The van der Waals surface area contributed by atoms with Gasteiger partial charge in [0.2, 0.25) is 0 Å². The van der Waals surface area contributed by atoms with E-state index in [0.29, 0.717) is 51.9 Å². The zero-order valence-electron chi connectivity index (χ0n) is 16.5. The maximum absolute atomic E-state index is 12.4. The van der Waals surface area contributed by atoms with Gasteiger partial charge in [0.25, 0.3) is 11.1 Å². The molecular weight excluding hydrogens is 412 g/mol. The maximum atomic E-state index is 12.4. The van der Waals surface area contributed by atoms with E-state index in [1.165, 1.54) is 32.7 Å². The Morgan fingerprint density at radius 2 is 1.21 bits per heavy atom. The average Bonchev–Trinajstić information content (AvgIpc) is 3.32. The zero-order valence-corrected chi connectivity index (χ0v) is 18.1. The molecule has 12 heteroatoms. The monoisotopic (exact) mass is 432 g/mol. The van der Waals surface area contributed by atoms with Crippen molar-refractivity contribution in [3.8, 4) is 0 Å². The van der Waals surface area contributed by atoms with Crippen LogP contribution in [0.4, 0.5) is 0 Å². The number of rotatable bonds is 6. The lowest BCUT2D eigenvalue weighted by Crippen LogP contribution is -2.20. The van der Waals surface area contributed by atoms with E-state index < -0.39 is 0 Å². The molecule has 0 saturated carbocycles. The van der Waals surface area contributed by atoms with Crippen LogP contribution in [0, 0.1) is 0 Å². The standard InChI is InChI=1S/C17H20N8O2S2/c1-22-14(26)10-8-18-24(12(10)20-16(22)28-3)6-5-7-25-13-11(9-19-25)15(27)23(2)17(21-13)29-4/h8-9H,5-7H2,1-4H3. The number of thioether (sulfide) groups is 2. The molecule has 0 fully saturated rings. The highest BCUT2D eigenvalue weighted by Crippen LogP contribution is 2.16. The van der Waals surface area contributed by atoms with Gasteiger partial charge in [-0.15, -0.1) is 0 Å². The summed E-state index contributed by atoms with van der Waals surface area (Å²) in [4.78, 5) is 34.0. The molecule has 4 rings (SSSR count). The van der Waals surface area contributed by atoms with Crippen LogP contribution in [-0.2, 0) is 27.2 Å². The van der Waals surface area contributed by atoms with Crippen LogP contribution in [0.15, 0.2) is 32.3 Å². The van der Waals surface area contributed by atoms with Crippen molar-refractivity contribution in [2.45, 2.75) is 29.8 Å². The summed E-state index contributed by atoms with van der Waals surface area (Å²) in [5, 5.41) is 11.0. The molecule has 0 unspecified atom stereocenters. The van der Waals surface area contributed by atoms with Crippen molar-refractivity contribution >= 4 is 45.6 Å². The van der Waals surface area contributed by atoms with Crippen LogP contribution in [0.3, 0.4) is 0 Å². The van der Waals surface area contributed by atoms with E-state index in [1.807, 2.05) is 12.5 Å². The van der Waals surface area contributed by atoms with Gasteiger partial charge >= 0.3 is 0 Å². The molecule has 0 saturated heterocycles. The van der Waals surface area contributed by atoms with Crippen molar-refractivity contribution < 1.29 is 0 Å². The molecule has 152 valence electrons. The third-order valence-electron chi connectivity index (χ3n) is 4.78. The molecular formula is C17H20N8O2S2. The molecule has 0 spiro atoms. The summed E-state index contributed by atoms with van der Waals surface area (Å²) in [5.41, 5.74) is 0.959. The Morgan fingerprint density at radius 3 is 1.59 bits per heavy atom. The summed E-state index contributed by atoms with van der Waals surface area (Å²) < 4.78 is 6.54. The quantitative estimate of drug-likeness (QED) is 0.330. The molecule has 0 atom stereocenters. The largest absolute Gasteiger partial charge is 0.290 e. The smallest absolute Gasteiger partial charge is 0.265 e. The van der Waals surface area contributed by atoms with Crippen molar-refractivity contribution in [3.05, 3.63) is 33.1 Å². The molecule has 4 aromatic rings. The van der Waals surface area contributed by atoms with Crippen LogP contribution in [0.1, 0.15) is 6.42 Å². The first-order chi connectivity index (χ1) is 14.0. The lowest BCUT2D eigenvalue weighted by molar-refractivity contribution is 0.511. The Hall–Kier alpha value is -2.60. The summed E-state index contributed by atoms with van der Waals surface area (Å²) in [6.45, 7) is 1.14. The number of aromatic nitrogens is 8. The molecule has 0 aromatic carbocycles. The summed E-state index contributed by atoms with van der Waals surface area (Å²) in [6.07, 6.45) is 7.60. The molecule has 0 aliphatic carbocycles. The van der Waals surface area contributed by atoms with Gasteiger partial charge in [-0.3, -0.25) is 18.7 Å². The molecule has 4 aromatic heterocycles. The van der Waals surface area contributed by atoms with Crippen molar-refractivity contribution in [3.63, 3.8) is 0 Å². The number of fused-ring (bicyclic) bond motifs is 2. The molecule has 4 heterocycles. The van der Waals surface area contributed by atoms with Gasteiger partial charge in [0.05, 0.1) is 12.4 Å². The number of nitrogens with zero attached hydrogens (tertiary/aromatic N) is 8. The predicted molar refractivity (Wildman–Crippen MR) is 114 cm³/mol. The normalized spacial score (nSPS) is 11.7. The number of aryl methyl sites for hydroxylation is 2. The first kappa shape index (κ1) is 19.7. The lowest BCUT2D eigenvalue weighted by atomic mass is 10.4. The van der Waals surface area contributed by atoms with E-state index in [9.17, 15) is 9.59 Å². The second-order valence-electron chi connectivity index (χ2n) is 6.49. The third-order valence-corrected chi connectivity index (χ3v) is 6.24. The highest BCUT2D eigenvalue weighted by molar-refractivity contribution is 7.98. The topological polar surface area (TPSA) is 105 Å². The molecule has 0 aliphatic rings. The third kappa shape index (κ3) is 3.25. The highest BCUT2D eigenvalue weighted by atomic mass is 32.2. The fraction of sp³-hybridized carbons (Fsp3) is 0.412. The van der Waals surface area contributed by atoms with E-state index >= 15 is 0 Å². The van der Waals surface area contributed by atoms with E-state index in [1.54, 1.807) is 35.9 Å². The fourth-order valence-corrected chi connectivity index (χ4v) is 4.29. The van der Waals surface area contributed by atoms with Crippen LogP contribution < -0.4 is 11.1 Å². The first-order valence-corrected chi connectivity index (χ1v) is 11.3. The van der Waals surface area contributed by atoms with Gasteiger partial charge in [0.15, 0.2) is 21.6 Å². The summed E-state index contributed by atoms with van der Waals surface area (Å²) in [5.74, 6) is 0. The van der Waals surface area contributed by atoms with Crippen LogP contribution >= 0.6 is 23.5 Å². The minimum Gasteiger partial charge on any atom is -0.290 e. The molecule has 0 bridgehead atoms. The second-order valence-corrected chi connectivity index (χ2v) is 8.04. The van der Waals surface area contributed by atoms with Gasteiger partial charge < -0.3 is 0 Å². The molecule has 10 nitrogen and oxygen atoms in total. The van der Waals surface area contributed by atoms with Crippen LogP contribution in [0.5, 0.6) is 0 Å². The van der Waals surface area contributed by atoms with Crippen molar-refractivity contribution in [2.75, 3.05) is 12.5 Å². The Morgan fingerprint density at radius 1 is 0.793 bits per heavy atom. The molecule has 0 amide bonds. The fourth-order valence-electron chi connectivity index (χ4n) is 3.22. The maximum Gasteiger partial charge on any atom is 0.265 e. The molecule has 29 heavy (non-hydrogen) atoms. The van der Waals surface area contributed by atoms with Gasteiger partial charge in [-0.05, 0) is 18.9 Å². The SMILES string of the molecule is CSc1nc2c(cnn2CCCn2ncc3c(=O)n(C)c(SC)nc32)c(=O)n1C. The Labute approximate surface area is 173 Å². The van der Waals surface area contributed by atoms with Gasteiger partial charge in [-0.1, -0.05) is 23.5 Å². The van der Waals surface area contributed by atoms with Crippen LogP contribution in [0.25, 0.3) is 22.1 Å². The molecule has 0 aliphatic heterocycles. The molecule has 0 radical (unpaired) electrons. The minimum absolute atomic E-state index is 0.103. The summed E-state index contributed by atoms with van der Waals surface area (Å²) >= 11 is 2.84. The van der Waals surface area contributed by atoms with E-state index in [4.69, 9.17) is 0 Å². The first-order valence-electron chi connectivity index (χ1n) is 8.89. The predicted octanol–water partition coefficient (Wildman–Crippen LogP) is 1.11. The number of hydrogen-bond acceptors (Lipinski definition) is 8. The Kier molecular flexibility index (Phi) is 5.21. The van der Waals surface area contributed by atoms with E-state index in [0.717, 1.165) is 0 Å². The van der Waals surface area contributed by atoms with Gasteiger partial charge in [-0.25, -0.2) is 19.3 Å². The van der Waals surface area contributed by atoms with Gasteiger partial charge in [0.1, 0.15) is 10.8 Å². The summed E-state index contributed by atoms with van der Waals surface area (Å²) in [7, 11) is 3.42. The van der Waals surface area contributed by atoms with E-state index in [-0.39, 0.29) is 11.1 Å². The van der Waals surface area contributed by atoms with E-state index in [2.05, 4.69) is 20.2 Å². The average molecular weight is 433 g/mol. The second kappa shape index (κ2) is 7.67. The van der Waals surface area contributed by atoms with Crippen molar-refractivity contribution in [2.24, 2.45) is 14.1 Å².